The van der Waals surface area contributed by atoms with Gasteiger partial charge >= 0.3 is 0 Å². The van der Waals surface area contributed by atoms with Gasteiger partial charge in [0.25, 0.3) is 0 Å². The summed E-state index contributed by atoms with van der Waals surface area (Å²) >= 11 is 0. The van der Waals surface area contributed by atoms with Gasteiger partial charge in [-0.3, -0.25) is 0 Å². The Morgan fingerprint density at radius 2 is 1.52 bits per heavy atom. The fourth-order valence-electron chi connectivity index (χ4n) is 2.54. The van der Waals surface area contributed by atoms with Gasteiger partial charge in [0.2, 0.25) is 0 Å². The Hall–Kier alpha value is -2.07. The van der Waals surface area contributed by atoms with Crippen molar-refractivity contribution < 1.29 is 19.0 Å². The average molecular weight is 290 g/mol. The van der Waals surface area contributed by atoms with Gasteiger partial charge in [-0.1, -0.05) is 6.07 Å². The lowest BCUT2D eigenvalue weighted by atomic mass is 9.93. The Labute approximate surface area is 124 Å². The molecule has 0 saturated carbocycles. The molecule has 0 aliphatic rings. The summed E-state index contributed by atoms with van der Waals surface area (Å²) in [7, 11) is 3.10. The number of ether oxygens (including phenoxy) is 2. The Morgan fingerprint density at radius 1 is 0.952 bits per heavy atom. The van der Waals surface area contributed by atoms with Crippen molar-refractivity contribution in [1.82, 2.24) is 0 Å². The Balaban J connectivity index is 2.47. The lowest BCUT2D eigenvalue weighted by molar-refractivity contribution is 0.218. The zero-order valence-corrected chi connectivity index (χ0v) is 12.6. The minimum Gasteiger partial charge on any atom is -0.493 e. The van der Waals surface area contributed by atoms with Crippen molar-refractivity contribution in [3.05, 3.63) is 58.4 Å². The van der Waals surface area contributed by atoms with Gasteiger partial charge in [-0.05, 0) is 60.4 Å². The lowest BCUT2D eigenvalue weighted by Crippen LogP contribution is -2.06. The normalized spacial score (nSPS) is 12.1. The molecule has 0 amide bonds. The van der Waals surface area contributed by atoms with Crippen LogP contribution in [0.5, 0.6) is 11.5 Å². The van der Waals surface area contributed by atoms with Gasteiger partial charge in [-0.25, -0.2) is 4.39 Å². The third-order valence-electron chi connectivity index (χ3n) is 3.56. The monoisotopic (exact) mass is 290 g/mol. The maximum Gasteiger partial charge on any atom is 0.161 e. The zero-order valence-electron chi connectivity index (χ0n) is 12.6. The van der Waals surface area contributed by atoms with E-state index in [0.29, 0.717) is 22.6 Å². The van der Waals surface area contributed by atoms with Crippen LogP contribution in [0.1, 0.15) is 28.4 Å². The number of hydrogen-bond acceptors (Lipinski definition) is 3. The molecule has 1 N–H and O–H groups in total. The topological polar surface area (TPSA) is 38.7 Å². The van der Waals surface area contributed by atoms with Crippen molar-refractivity contribution in [1.29, 1.82) is 0 Å². The van der Waals surface area contributed by atoms with Crippen LogP contribution in [0.25, 0.3) is 0 Å². The summed E-state index contributed by atoms with van der Waals surface area (Å²) < 4.78 is 23.8. The van der Waals surface area contributed by atoms with Crippen LogP contribution in [0.4, 0.5) is 4.39 Å². The van der Waals surface area contributed by atoms with Crippen molar-refractivity contribution >= 4 is 0 Å². The molecule has 0 heterocycles. The molecule has 2 aromatic carbocycles. The van der Waals surface area contributed by atoms with E-state index < -0.39 is 6.10 Å². The summed E-state index contributed by atoms with van der Waals surface area (Å²) in [6.07, 6.45) is -0.842. The van der Waals surface area contributed by atoms with Crippen LogP contribution in [-0.4, -0.2) is 19.3 Å². The van der Waals surface area contributed by atoms with Gasteiger partial charge < -0.3 is 14.6 Å². The summed E-state index contributed by atoms with van der Waals surface area (Å²) in [5.41, 5.74) is 2.82. The number of aryl methyl sites for hydroxylation is 2. The number of halogens is 1. The van der Waals surface area contributed by atoms with Crippen molar-refractivity contribution in [3.8, 4) is 11.5 Å². The number of rotatable bonds is 4. The van der Waals surface area contributed by atoms with Crippen molar-refractivity contribution in [2.24, 2.45) is 0 Å². The second-order valence-corrected chi connectivity index (χ2v) is 4.97. The highest BCUT2D eigenvalue weighted by atomic mass is 19.1. The molecule has 0 fully saturated rings. The molecule has 0 aromatic heterocycles. The minimum atomic E-state index is -0.842. The Morgan fingerprint density at radius 3 is 2.05 bits per heavy atom. The summed E-state index contributed by atoms with van der Waals surface area (Å²) in [5, 5.41) is 10.6. The number of aliphatic hydroxyl groups excluding tert-OH is 1. The van der Waals surface area contributed by atoms with E-state index in [1.165, 1.54) is 12.1 Å². The molecular formula is C17H19FO3. The van der Waals surface area contributed by atoms with E-state index in [1.54, 1.807) is 46.3 Å². The van der Waals surface area contributed by atoms with Crippen LogP contribution in [0.15, 0.2) is 30.3 Å². The van der Waals surface area contributed by atoms with E-state index >= 15 is 0 Å². The molecule has 2 aromatic rings. The molecule has 4 heteroatoms. The predicted octanol–water partition coefficient (Wildman–Crippen LogP) is 3.54. The first-order valence-electron chi connectivity index (χ1n) is 6.64. The largest absolute Gasteiger partial charge is 0.493 e. The molecule has 0 aliphatic carbocycles. The summed E-state index contributed by atoms with van der Waals surface area (Å²) in [6.45, 7) is 3.57. The van der Waals surface area contributed by atoms with Gasteiger partial charge in [0.15, 0.2) is 11.5 Å². The standard InChI is InChI=1S/C17H19FO3/c1-10-7-13(18)8-11(2)16(10)17(19)12-5-6-14(20-3)15(9-12)21-4/h5-9,17,19H,1-4H3. The molecule has 1 atom stereocenters. The first kappa shape index (κ1) is 15.3. The maximum atomic E-state index is 13.4. The van der Waals surface area contributed by atoms with E-state index in [-0.39, 0.29) is 5.82 Å². The zero-order chi connectivity index (χ0) is 15.6. The second kappa shape index (κ2) is 6.14. The van der Waals surface area contributed by atoms with Crippen LogP contribution in [0.3, 0.4) is 0 Å². The van der Waals surface area contributed by atoms with Gasteiger partial charge in [-0.2, -0.15) is 0 Å². The van der Waals surface area contributed by atoms with Crippen LogP contribution >= 0.6 is 0 Å². The molecular weight excluding hydrogens is 271 g/mol. The molecule has 0 saturated heterocycles. The van der Waals surface area contributed by atoms with E-state index in [4.69, 9.17) is 9.47 Å². The third kappa shape index (κ3) is 3.00. The Kier molecular flexibility index (Phi) is 4.48. The molecule has 0 radical (unpaired) electrons. The summed E-state index contributed by atoms with van der Waals surface area (Å²) in [4.78, 5) is 0. The molecule has 0 bridgehead atoms. The summed E-state index contributed by atoms with van der Waals surface area (Å²) in [5.74, 6) is 0.848. The van der Waals surface area contributed by atoms with Crippen LogP contribution < -0.4 is 9.47 Å². The van der Waals surface area contributed by atoms with Crippen molar-refractivity contribution in [2.45, 2.75) is 20.0 Å². The first-order chi connectivity index (χ1) is 9.97. The smallest absolute Gasteiger partial charge is 0.161 e. The van der Waals surface area contributed by atoms with Gasteiger partial charge in [0.05, 0.1) is 14.2 Å². The maximum absolute atomic E-state index is 13.4. The summed E-state index contributed by atoms with van der Waals surface area (Å²) in [6, 6.07) is 8.09. The molecule has 112 valence electrons. The highest BCUT2D eigenvalue weighted by molar-refractivity contribution is 5.47. The molecule has 3 nitrogen and oxygen atoms in total. The average Bonchev–Trinajstić information content (AvgIpc) is 2.45. The molecule has 1 unspecified atom stereocenters. The molecule has 2 rings (SSSR count). The van der Waals surface area contributed by atoms with E-state index in [0.717, 1.165) is 11.1 Å². The lowest BCUT2D eigenvalue weighted by Gasteiger charge is -2.18. The SMILES string of the molecule is COc1ccc(C(O)c2c(C)cc(F)cc2C)cc1OC. The van der Waals surface area contributed by atoms with Gasteiger partial charge in [0, 0.05) is 0 Å². The van der Waals surface area contributed by atoms with Gasteiger partial charge in [0.1, 0.15) is 11.9 Å². The van der Waals surface area contributed by atoms with Crippen molar-refractivity contribution in [3.63, 3.8) is 0 Å². The van der Waals surface area contributed by atoms with E-state index in [9.17, 15) is 9.50 Å². The van der Waals surface area contributed by atoms with Crippen LogP contribution in [0, 0.1) is 19.7 Å². The third-order valence-corrected chi connectivity index (χ3v) is 3.56. The fraction of sp³-hybridized carbons (Fsp3) is 0.294. The van der Waals surface area contributed by atoms with Gasteiger partial charge in [-0.15, -0.1) is 0 Å². The highest BCUT2D eigenvalue weighted by Gasteiger charge is 2.18. The number of hydrogen-bond donors (Lipinski definition) is 1. The Bertz CT molecular complexity index is 629. The minimum absolute atomic E-state index is 0.298. The predicted molar refractivity (Wildman–Crippen MR) is 79.5 cm³/mol. The van der Waals surface area contributed by atoms with Crippen molar-refractivity contribution in [2.75, 3.05) is 14.2 Å². The highest BCUT2D eigenvalue weighted by Crippen LogP contribution is 2.34. The number of aliphatic hydroxyl groups is 1. The van der Waals surface area contributed by atoms with Crippen LogP contribution in [-0.2, 0) is 0 Å². The molecule has 0 spiro atoms. The fourth-order valence-corrected chi connectivity index (χ4v) is 2.54. The number of methoxy groups -OCH3 is 2. The first-order valence-corrected chi connectivity index (χ1v) is 6.64. The number of benzene rings is 2. The quantitative estimate of drug-likeness (QED) is 0.936. The second-order valence-electron chi connectivity index (χ2n) is 4.97. The van der Waals surface area contributed by atoms with E-state index in [1.807, 2.05) is 0 Å². The molecule has 21 heavy (non-hydrogen) atoms. The van der Waals surface area contributed by atoms with E-state index in [2.05, 4.69) is 0 Å². The van der Waals surface area contributed by atoms with Crippen LogP contribution in [0.2, 0.25) is 0 Å². The molecule has 0 aliphatic heterocycles.